The highest BCUT2D eigenvalue weighted by Gasteiger charge is 2.03. The van der Waals surface area contributed by atoms with E-state index in [2.05, 4.69) is 42.9 Å². The Kier molecular flexibility index (Phi) is 7.30. The highest BCUT2D eigenvalue weighted by atomic mass is 79.9. The number of anilines is 2. The molecule has 0 aliphatic rings. The lowest BCUT2D eigenvalue weighted by atomic mass is 10.2. The van der Waals surface area contributed by atoms with Crippen molar-refractivity contribution < 1.29 is 0 Å². The monoisotopic (exact) mass is 319 g/mol. The summed E-state index contributed by atoms with van der Waals surface area (Å²) in [5.41, 5.74) is 2.43. The van der Waals surface area contributed by atoms with Crippen molar-refractivity contribution in [2.24, 2.45) is 5.84 Å². The van der Waals surface area contributed by atoms with E-state index in [0.717, 1.165) is 23.3 Å². The molecule has 0 bridgehead atoms. The van der Waals surface area contributed by atoms with Gasteiger partial charge in [-0.05, 0) is 40.8 Å². The minimum absolute atomic E-state index is 0.415. The van der Waals surface area contributed by atoms with Crippen LogP contribution in [0, 0.1) is 0 Å². The molecule has 1 aromatic heterocycles. The summed E-state index contributed by atoms with van der Waals surface area (Å²) in [7, 11) is 0. The second-order valence-electron chi connectivity index (χ2n) is 3.51. The summed E-state index contributed by atoms with van der Waals surface area (Å²) in [6, 6.07) is 0. The molecule has 0 amide bonds. The molecule has 4 N–H and O–H groups in total. The second kappa shape index (κ2) is 8.54. The zero-order valence-electron chi connectivity index (χ0n) is 9.87. The molecule has 7 heteroatoms. The van der Waals surface area contributed by atoms with Gasteiger partial charge in [-0.25, -0.2) is 10.8 Å². The standard InChI is InChI=1S/C10H18BrN5S/c1-17-6-4-2-3-5-13-9-8(11)7-14-10(15-9)16-12/h7H,2-6,12H2,1H3,(H2,13,14,15,16). The molecule has 96 valence electrons. The fourth-order valence-electron chi connectivity index (χ4n) is 1.32. The Hall–Kier alpha value is -0.530. The Labute approximate surface area is 114 Å². The number of thioether (sulfide) groups is 1. The molecular formula is C10H18BrN5S. The summed E-state index contributed by atoms with van der Waals surface area (Å²) >= 11 is 5.29. The van der Waals surface area contributed by atoms with Crippen molar-refractivity contribution in [3.63, 3.8) is 0 Å². The lowest BCUT2D eigenvalue weighted by molar-refractivity contribution is 0.748. The number of nitrogen functional groups attached to an aromatic ring is 1. The average molecular weight is 320 g/mol. The van der Waals surface area contributed by atoms with E-state index < -0.39 is 0 Å². The molecule has 1 aromatic rings. The molecule has 17 heavy (non-hydrogen) atoms. The summed E-state index contributed by atoms with van der Waals surface area (Å²) < 4.78 is 0.848. The molecule has 1 heterocycles. The largest absolute Gasteiger partial charge is 0.369 e. The number of hydrazine groups is 1. The minimum Gasteiger partial charge on any atom is -0.369 e. The molecule has 1 rings (SSSR count). The van der Waals surface area contributed by atoms with E-state index in [1.54, 1.807) is 6.20 Å². The predicted molar refractivity (Wildman–Crippen MR) is 78.3 cm³/mol. The van der Waals surface area contributed by atoms with Gasteiger partial charge in [-0.3, -0.25) is 5.43 Å². The molecule has 5 nitrogen and oxygen atoms in total. The first-order valence-corrected chi connectivity index (χ1v) is 7.68. The molecule has 0 aromatic carbocycles. The van der Waals surface area contributed by atoms with Crippen LogP contribution in [0.3, 0.4) is 0 Å². The molecule has 0 radical (unpaired) electrons. The third-order valence-electron chi connectivity index (χ3n) is 2.19. The molecule has 0 fully saturated rings. The van der Waals surface area contributed by atoms with Crippen LogP contribution in [-0.4, -0.2) is 28.5 Å². The fourth-order valence-corrected chi connectivity index (χ4v) is 2.14. The van der Waals surface area contributed by atoms with Crippen molar-refractivity contribution in [3.05, 3.63) is 10.7 Å². The van der Waals surface area contributed by atoms with Crippen LogP contribution in [-0.2, 0) is 0 Å². The normalized spacial score (nSPS) is 10.3. The summed E-state index contributed by atoms with van der Waals surface area (Å²) in [6.07, 6.45) is 7.46. The van der Waals surface area contributed by atoms with E-state index in [-0.39, 0.29) is 0 Å². The number of rotatable bonds is 8. The zero-order valence-corrected chi connectivity index (χ0v) is 12.3. The predicted octanol–water partition coefficient (Wildman–Crippen LogP) is 2.47. The summed E-state index contributed by atoms with van der Waals surface area (Å²) in [6.45, 7) is 0.911. The molecule has 0 atom stereocenters. The number of nitrogens with zero attached hydrogens (tertiary/aromatic N) is 2. The molecule has 0 saturated carbocycles. The third kappa shape index (κ3) is 5.56. The van der Waals surface area contributed by atoms with Crippen molar-refractivity contribution in [1.82, 2.24) is 9.97 Å². The van der Waals surface area contributed by atoms with Gasteiger partial charge < -0.3 is 5.32 Å². The molecule has 0 spiro atoms. The van der Waals surface area contributed by atoms with E-state index >= 15 is 0 Å². The molecule has 0 aliphatic heterocycles. The smallest absolute Gasteiger partial charge is 0.239 e. The SMILES string of the molecule is CSCCCCCNc1nc(NN)ncc1Br. The maximum atomic E-state index is 5.26. The Morgan fingerprint density at radius 2 is 2.24 bits per heavy atom. The zero-order chi connectivity index (χ0) is 12.5. The lowest BCUT2D eigenvalue weighted by Crippen LogP contribution is -2.12. The number of unbranched alkanes of at least 4 members (excludes halogenated alkanes) is 2. The van der Waals surface area contributed by atoms with Gasteiger partial charge in [-0.1, -0.05) is 6.42 Å². The van der Waals surface area contributed by atoms with Gasteiger partial charge in [0.25, 0.3) is 0 Å². The lowest BCUT2D eigenvalue weighted by Gasteiger charge is -2.08. The first-order valence-electron chi connectivity index (χ1n) is 5.50. The van der Waals surface area contributed by atoms with Gasteiger partial charge >= 0.3 is 0 Å². The fraction of sp³-hybridized carbons (Fsp3) is 0.600. The van der Waals surface area contributed by atoms with E-state index in [0.29, 0.717) is 5.95 Å². The Morgan fingerprint density at radius 1 is 1.41 bits per heavy atom. The first-order chi connectivity index (χ1) is 8.27. The number of hydrogen-bond donors (Lipinski definition) is 3. The van der Waals surface area contributed by atoms with Crippen LogP contribution in [0.15, 0.2) is 10.7 Å². The molecular weight excluding hydrogens is 302 g/mol. The maximum Gasteiger partial charge on any atom is 0.239 e. The maximum absolute atomic E-state index is 5.26. The van der Waals surface area contributed by atoms with Gasteiger partial charge in [0.05, 0.1) is 4.47 Å². The molecule has 0 unspecified atom stereocenters. The van der Waals surface area contributed by atoms with Gasteiger partial charge in [0, 0.05) is 12.7 Å². The van der Waals surface area contributed by atoms with Crippen LogP contribution in [0.4, 0.5) is 11.8 Å². The van der Waals surface area contributed by atoms with Gasteiger partial charge in [0.15, 0.2) is 0 Å². The number of hydrogen-bond acceptors (Lipinski definition) is 6. The molecule has 0 saturated heterocycles. The number of halogens is 1. The Morgan fingerprint density at radius 3 is 2.94 bits per heavy atom. The van der Waals surface area contributed by atoms with Crippen molar-refractivity contribution >= 4 is 39.5 Å². The first kappa shape index (κ1) is 14.5. The van der Waals surface area contributed by atoms with Crippen LogP contribution in [0.2, 0.25) is 0 Å². The van der Waals surface area contributed by atoms with Crippen LogP contribution < -0.4 is 16.6 Å². The van der Waals surface area contributed by atoms with Gasteiger partial charge in [-0.2, -0.15) is 16.7 Å². The van der Waals surface area contributed by atoms with Crippen LogP contribution in [0.1, 0.15) is 19.3 Å². The van der Waals surface area contributed by atoms with E-state index in [4.69, 9.17) is 5.84 Å². The number of nitrogens with one attached hydrogen (secondary N) is 2. The highest BCUT2D eigenvalue weighted by Crippen LogP contribution is 2.19. The van der Waals surface area contributed by atoms with Crippen LogP contribution in [0.5, 0.6) is 0 Å². The quantitative estimate of drug-likeness (QED) is 0.388. The summed E-state index contributed by atoms with van der Waals surface area (Å²) in [4.78, 5) is 8.20. The average Bonchev–Trinajstić information content (AvgIpc) is 2.35. The van der Waals surface area contributed by atoms with E-state index in [1.165, 1.54) is 18.6 Å². The van der Waals surface area contributed by atoms with Crippen LogP contribution >= 0.6 is 27.7 Å². The Bertz CT molecular complexity index is 336. The topological polar surface area (TPSA) is 75.9 Å². The van der Waals surface area contributed by atoms with Gasteiger partial charge in [0.1, 0.15) is 5.82 Å². The number of aromatic nitrogens is 2. The van der Waals surface area contributed by atoms with E-state index in [1.807, 2.05) is 11.8 Å². The number of nitrogens with two attached hydrogens (primary N) is 1. The highest BCUT2D eigenvalue weighted by molar-refractivity contribution is 9.10. The van der Waals surface area contributed by atoms with Crippen molar-refractivity contribution in [3.8, 4) is 0 Å². The van der Waals surface area contributed by atoms with Crippen molar-refractivity contribution in [2.45, 2.75) is 19.3 Å². The van der Waals surface area contributed by atoms with E-state index in [9.17, 15) is 0 Å². The van der Waals surface area contributed by atoms with Crippen LogP contribution in [0.25, 0.3) is 0 Å². The summed E-state index contributed by atoms with van der Waals surface area (Å²) in [5, 5.41) is 3.26. The second-order valence-corrected chi connectivity index (χ2v) is 5.35. The third-order valence-corrected chi connectivity index (χ3v) is 3.47. The summed E-state index contributed by atoms with van der Waals surface area (Å²) in [5.74, 6) is 7.68. The van der Waals surface area contributed by atoms with Crippen molar-refractivity contribution in [2.75, 3.05) is 29.3 Å². The van der Waals surface area contributed by atoms with Crippen molar-refractivity contribution in [1.29, 1.82) is 0 Å². The molecule has 0 aliphatic carbocycles. The Balaban J connectivity index is 2.30. The van der Waals surface area contributed by atoms with Gasteiger partial charge in [0.2, 0.25) is 5.95 Å². The minimum atomic E-state index is 0.415. The van der Waals surface area contributed by atoms with Gasteiger partial charge in [-0.15, -0.1) is 0 Å².